The SMILES string of the molecule is O=C(OC1CN2CCC1CC2)c1cccc(Cl)c1.[Cl-]. The van der Waals surface area contributed by atoms with Gasteiger partial charge in [-0.15, -0.1) is 0 Å². The van der Waals surface area contributed by atoms with Gasteiger partial charge in [-0.05, 0) is 50.0 Å². The molecule has 104 valence electrons. The number of halogens is 2. The summed E-state index contributed by atoms with van der Waals surface area (Å²) in [6.45, 7) is 3.18. The van der Waals surface area contributed by atoms with Crippen LogP contribution in [0.5, 0.6) is 0 Å². The minimum Gasteiger partial charge on any atom is -1.00 e. The number of rotatable bonds is 2. The molecule has 4 rings (SSSR count). The van der Waals surface area contributed by atoms with Crippen LogP contribution in [-0.2, 0) is 4.74 Å². The predicted molar refractivity (Wildman–Crippen MR) is 69.8 cm³/mol. The standard InChI is InChI=1S/C14H16ClNO2.ClH/c15-12-3-1-2-11(8-12)14(17)18-13-9-16-6-4-10(13)5-7-16;/h1-3,8,10,13H,4-7,9H2;1H/p-1. The lowest BCUT2D eigenvalue weighted by molar-refractivity contribution is -0.0455. The fraction of sp³-hybridized carbons (Fsp3) is 0.500. The van der Waals surface area contributed by atoms with Gasteiger partial charge in [-0.2, -0.15) is 0 Å². The Hall–Kier alpha value is -0.770. The predicted octanol–water partition coefficient (Wildman–Crippen LogP) is -0.405. The summed E-state index contributed by atoms with van der Waals surface area (Å²) in [6, 6.07) is 6.93. The first-order valence-corrected chi connectivity index (χ1v) is 6.79. The van der Waals surface area contributed by atoms with Crippen LogP contribution in [0.25, 0.3) is 0 Å². The molecule has 3 aliphatic heterocycles. The first-order chi connectivity index (χ1) is 8.72. The highest BCUT2D eigenvalue weighted by Crippen LogP contribution is 2.30. The van der Waals surface area contributed by atoms with Crippen LogP contribution in [-0.4, -0.2) is 36.6 Å². The molecule has 0 aromatic heterocycles. The van der Waals surface area contributed by atoms with Gasteiger partial charge in [0.2, 0.25) is 0 Å². The molecule has 0 spiro atoms. The molecule has 0 amide bonds. The fourth-order valence-corrected chi connectivity index (χ4v) is 3.06. The van der Waals surface area contributed by atoms with E-state index in [0.717, 1.165) is 32.5 Å². The van der Waals surface area contributed by atoms with Crippen LogP contribution in [0.15, 0.2) is 24.3 Å². The first-order valence-electron chi connectivity index (χ1n) is 6.41. The monoisotopic (exact) mass is 300 g/mol. The highest BCUT2D eigenvalue weighted by molar-refractivity contribution is 6.30. The molecule has 0 saturated carbocycles. The van der Waals surface area contributed by atoms with Crippen LogP contribution >= 0.6 is 11.6 Å². The van der Waals surface area contributed by atoms with Crippen molar-refractivity contribution in [2.75, 3.05) is 19.6 Å². The van der Waals surface area contributed by atoms with Crippen molar-refractivity contribution < 1.29 is 21.9 Å². The lowest BCUT2D eigenvalue weighted by Gasteiger charge is -2.43. The van der Waals surface area contributed by atoms with E-state index in [-0.39, 0.29) is 24.5 Å². The highest BCUT2D eigenvalue weighted by Gasteiger charge is 2.36. The summed E-state index contributed by atoms with van der Waals surface area (Å²) in [5.41, 5.74) is 0.541. The molecule has 0 N–H and O–H groups in total. The van der Waals surface area contributed by atoms with Crippen LogP contribution in [0, 0.1) is 5.92 Å². The van der Waals surface area contributed by atoms with Gasteiger partial charge in [0.25, 0.3) is 0 Å². The molecule has 1 unspecified atom stereocenters. The van der Waals surface area contributed by atoms with E-state index in [1.807, 2.05) is 0 Å². The first kappa shape index (κ1) is 14.6. The molecule has 3 heterocycles. The Balaban J connectivity index is 0.00000133. The molecule has 3 aliphatic rings. The van der Waals surface area contributed by atoms with Crippen molar-refractivity contribution in [2.45, 2.75) is 18.9 Å². The van der Waals surface area contributed by atoms with Gasteiger partial charge in [-0.1, -0.05) is 17.7 Å². The maximum atomic E-state index is 12.0. The molecule has 5 heteroatoms. The van der Waals surface area contributed by atoms with Crippen molar-refractivity contribution >= 4 is 17.6 Å². The number of ether oxygens (including phenoxy) is 1. The van der Waals surface area contributed by atoms with Gasteiger partial charge in [0.05, 0.1) is 5.56 Å². The van der Waals surface area contributed by atoms with E-state index in [2.05, 4.69) is 4.90 Å². The molecule has 0 radical (unpaired) electrons. The van der Waals surface area contributed by atoms with Gasteiger partial charge in [0.15, 0.2) is 0 Å². The zero-order valence-corrected chi connectivity index (χ0v) is 12.0. The third kappa shape index (κ3) is 3.22. The van der Waals surface area contributed by atoms with E-state index in [9.17, 15) is 4.79 Å². The molecule has 1 aromatic rings. The van der Waals surface area contributed by atoms with Gasteiger partial charge >= 0.3 is 5.97 Å². The molecular weight excluding hydrogens is 285 g/mol. The van der Waals surface area contributed by atoms with Gasteiger partial charge in [-0.3, -0.25) is 4.90 Å². The zero-order chi connectivity index (χ0) is 12.5. The molecule has 1 aromatic carbocycles. The number of piperidine rings is 3. The molecule has 0 aliphatic carbocycles. The number of nitrogens with zero attached hydrogens (tertiary/aromatic N) is 1. The second kappa shape index (κ2) is 6.12. The normalized spacial score (nSPS) is 28.6. The van der Waals surface area contributed by atoms with Gasteiger partial charge < -0.3 is 17.1 Å². The Kier molecular flexibility index (Phi) is 4.71. The number of fused-ring (bicyclic) bond motifs is 3. The number of hydrogen-bond donors (Lipinski definition) is 0. The summed E-state index contributed by atoms with van der Waals surface area (Å²) < 4.78 is 5.63. The molecule has 19 heavy (non-hydrogen) atoms. The topological polar surface area (TPSA) is 29.5 Å². The second-order valence-corrected chi connectivity index (χ2v) is 5.53. The molecule has 3 saturated heterocycles. The highest BCUT2D eigenvalue weighted by atomic mass is 35.5. The van der Waals surface area contributed by atoms with Crippen LogP contribution in [0.4, 0.5) is 0 Å². The Morgan fingerprint density at radius 3 is 2.63 bits per heavy atom. The lowest BCUT2D eigenvalue weighted by atomic mass is 9.86. The van der Waals surface area contributed by atoms with E-state index in [1.54, 1.807) is 24.3 Å². The van der Waals surface area contributed by atoms with Crippen LogP contribution < -0.4 is 12.4 Å². The maximum absolute atomic E-state index is 12.0. The number of esters is 1. The second-order valence-electron chi connectivity index (χ2n) is 5.09. The van der Waals surface area contributed by atoms with Crippen molar-refractivity contribution in [1.29, 1.82) is 0 Å². The fourth-order valence-electron chi connectivity index (χ4n) is 2.87. The Morgan fingerprint density at radius 1 is 1.32 bits per heavy atom. The third-order valence-corrected chi connectivity index (χ3v) is 4.15. The summed E-state index contributed by atoms with van der Waals surface area (Å²) in [5.74, 6) is 0.286. The minimum absolute atomic E-state index is 0. The smallest absolute Gasteiger partial charge is 0.338 e. The quantitative estimate of drug-likeness (QED) is 0.696. The summed E-state index contributed by atoms with van der Waals surface area (Å²) in [5, 5.41) is 0.568. The average molecular weight is 301 g/mol. The lowest BCUT2D eigenvalue weighted by Crippen LogP contribution is -3.00. The molecule has 3 fully saturated rings. The Morgan fingerprint density at radius 2 is 2.05 bits per heavy atom. The molecule has 1 atom stereocenters. The van der Waals surface area contributed by atoms with Crippen molar-refractivity contribution in [3.63, 3.8) is 0 Å². The van der Waals surface area contributed by atoms with E-state index >= 15 is 0 Å². The van der Waals surface area contributed by atoms with Gasteiger partial charge in [0, 0.05) is 11.6 Å². The molecule has 2 bridgehead atoms. The van der Waals surface area contributed by atoms with Crippen molar-refractivity contribution in [2.24, 2.45) is 5.92 Å². The van der Waals surface area contributed by atoms with Crippen molar-refractivity contribution in [1.82, 2.24) is 4.90 Å². The minimum atomic E-state index is -0.253. The van der Waals surface area contributed by atoms with Crippen LogP contribution in [0.3, 0.4) is 0 Å². The summed E-state index contributed by atoms with van der Waals surface area (Å²) in [7, 11) is 0. The number of benzene rings is 1. The third-order valence-electron chi connectivity index (χ3n) is 3.91. The molecule has 3 nitrogen and oxygen atoms in total. The zero-order valence-electron chi connectivity index (χ0n) is 10.5. The van der Waals surface area contributed by atoms with Gasteiger partial charge in [-0.25, -0.2) is 4.79 Å². The molecular formula is C14H16Cl2NO2-. The summed E-state index contributed by atoms with van der Waals surface area (Å²) >= 11 is 5.88. The maximum Gasteiger partial charge on any atom is 0.338 e. The van der Waals surface area contributed by atoms with Crippen molar-refractivity contribution in [3.05, 3.63) is 34.9 Å². The van der Waals surface area contributed by atoms with Crippen LogP contribution in [0.1, 0.15) is 23.2 Å². The Bertz CT molecular complexity index is 459. The average Bonchev–Trinajstić information content (AvgIpc) is 2.40. The Labute approximate surface area is 124 Å². The summed E-state index contributed by atoms with van der Waals surface area (Å²) in [6.07, 6.45) is 2.35. The van der Waals surface area contributed by atoms with Crippen molar-refractivity contribution in [3.8, 4) is 0 Å². The van der Waals surface area contributed by atoms with E-state index in [4.69, 9.17) is 16.3 Å². The van der Waals surface area contributed by atoms with Crippen LogP contribution in [0.2, 0.25) is 5.02 Å². The summed E-state index contributed by atoms with van der Waals surface area (Å²) in [4.78, 5) is 14.4. The van der Waals surface area contributed by atoms with E-state index < -0.39 is 0 Å². The van der Waals surface area contributed by atoms with E-state index in [0.29, 0.717) is 16.5 Å². The number of carbonyl (C=O) groups excluding carboxylic acids is 1. The number of hydrogen-bond acceptors (Lipinski definition) is 3. The van der Waals surface area contributed by atoms with Gasteiger partial charge in [0.1, 0.15) is 6.10 Å². The van der Waals surface area contributed by atoms with E-state index in [1.165, 1.54) is 0 Å². The largest absolute Gasteiger partial charge is 1.00 e. The number of carbonyl (C=O) groups is 1.